The number of hydrogen-bond acceptors (Lipinski definition) is 7. The van der Waals surface area contributed by atoms with E-state index in [4.69, 9.17) is 4.52 Å². The van der Waals surface area contributed by atoms with Gasteiger partial charge in [-0.1, -0.05) is 29.8 Å². The molecule has 2 N–H and O–H groups in total. The lowest BCUT2D eigenvalue weighted by molar-refractivity contribution is 0.0951. The van der Waals surface area contributed by atoms with Crippen molar-refractivity contribution in [2.24, 2.45) is 0 Å². The predicted octanol–water partition coefficient (Wildman–Crippen LogP) is 5.25. The van der Waals surface area contributed by atoms with Gasteiger partial charge in [0.2, 0.25) is 11.7 Å². The average Bonchev–Trinajstić information content (AvgIpc) is 3.58. The maximum absolute atomic E-state index is 12.4. The summed E-state index contributed by atoms with van der Waals surface area (Å²) in [5.41, 5.74) is 1.11. The van der Waals surface area contributed by atoms with Crippen molar-refractivity contribution < 1.29 is 14.1 Å². The van der Waals surface area contributed by atoms with Gasteiger partial charge in [-0.05, 0) is 53.9 Å². The van der Waals surface area contributed by atoms with Crippen molar-refractivity contribution in [3.63, 3.8) is 0 Å². The maximum Gasteiger partial charge on any atom is 0.265 e. The topological polar surface area (TPSA) is 97.1 Å². The largest absolute Gasteiger partial charge is 0.352 e. The molecule has 1 aromatic carbocycles. The molecule has 0 aliphatic carbocycles. The predicted molar refractivity (Wildman–Crippen MR) is 126 cm³/mol. The standard InChI is InChI=1S/C23H22N4O3S2/c28-22(16-7-4-8-17(15-16)25-23(29)19-10-6-14-32-19)24-12-3-1-2-11-20-26-21(27-30-20)18-9-5-13-31-18/h4-10,13-15H,1-3,11-12H2,(H,24,28)(H,25,29). The summed E-state index contributed by atoms with van der Waals surface area (Å²) in [4.78, 5) is 30.6. The van der Waals surface area contributed by atoms with Gasteiger partial charge in [0.05, 0.1) is 9.75 Å². The van der Waals surface area contributed by atoms with Crippen LogP contribution in [0.25, 0.3) is 10.7 Å². The number of nitrogens with zero attached hydrogens (tertiary/aromatic N) is 2. The number of carbonyl (C=O) groups excluding carboxylic acids is 2. The van der Waals surface area contributed by atoms with Gasteiger partial charge in [-0.25, -0.2) is 0 Å². The normalized spacial score (nSPS) is 10.8. The number of hydrogen-bond donors (Lipinski definition) is 2. The lowest BCUT2D eigenvalue weighted by Crippen LogP contribution is -2.24. The summed E-state index contributed by atoms with van der Waals surface area (Å²) in [6.45, 7) is 0.578. The first-order valence-electron chi connectivity index (χ1n) is 10.3. The molecule has 0 spiro atoms. The highest BCUT2D eigenvalue weighted by molar-refractivity contribution is 7.13. The van der Waals surface area contributed by atoms with Crippen molar-refractivity contribution in [2.45, 2.75) is 25.7 Å². The summed E-state index contributed by atoms with van der Waals surface area (Å²) in [6, 6.07) is 14.5. The number of thiophene rings is 2. The molecule has 164 valence electrons. The number of benzene rings is 1. The first kappa shape index (κ1) is 21.9. The zero-order valence-electron chi connectivity index (χ0n) is 17.2. The van der Waals surface area contributed by atoms with Gasteiger partial charge < -0.3 is 15.2 Å². The average molecular weight is 467 g/mol. The monoisotopic (exact) mass is 466 g/mol. The molecule has 9 heteroatoms. The minimum atomic E-state index is -0.179. The number of amides is 2. The highest BCUT2D eigenvalue weighted by atomic mass is 32.1. The van der Waals surface area contributed by atoms with Crippen molar-refractivity contribution >= 4 is 40.2 Å². The molecule has 3 aromatic heterocycles. The van der Waals surface area contributed by atoms with Crippen molar-refractivity contribution in [2.75, 3.05) is 11.9 Å². The van der Waals surface area contributed by atoms with E-state index in [1.54, 1.807) is 41.7 Å². The molecular formula is C23H22N4O3S2. The molecule has 3 heterocycles. The Hall–Kier alpha value is -3.30. The molecular weight excluding hydrogens is 444 g/mol. The lowest BCUT2D eigenvalue weighted by atomic mass is 10.1. The van der Waals surface area contributed by atoms with Gasteiger partial charge in [0.1, 0.15) is 0 Å². The van der Waals surface area contributed by atoms with E-state index in [9.17, 15) is 9.59 Å². The van der Waals surface area contributed by atoms with Crippen LogP contribution in [0.3, 0.4) is 0 Å². The Morgan fingerprint density at radius 2 is 1.81 bits per heavy atom. The van der Waals surface area contributed by atoms with Crippen LogP contribution in [0.15, 0.2) is 63.8 Å². The zero-order valence-corrected chi connectivity index (χ0v) is 18.9. The summed E-state index contributed by atoms with van der Waals surface area (Å²) in [6.07, 6.45) is 3.42. The smallest absolute Gasteiger partial charge is 0.265 e. The van der Waals surface area contributed by atoms with E-state index in [0.717, 1.165) is 30.6 Å². The van der Waals surface area contributed by atoms with Gasteiger partial charge in [0.25, 0.3) is 11.8 Å². The van der Waals surface area contributed by atoms with Crippen LogP contribution >= 0.6 is 22.7 Å². The Balaban J connectivity index is 1.16. The van der Waals surface area contributed by atoms with E-state index in [2.05, 4.69) is 20.8 Å². The first-order valence-corrected chi connectivity index (χ1v) is 12.0. The van der Waals surface area contributed by atoms with Crippen LogP contribution in [-0.2, 0) is 6.42 Å². The second-order valence-electron chi connectivity index (χ2n) is 7.07. The molecule has 0 radical (unpaired) electrons. The van der Waals surface area contributed by atoms with Gasteiger partial charge in [0, 0.05) is 24.2 Å². The fourth-order valence-corrected chi connectivity index (χ4v) is 4.35. The van der Waals surface area contributed by atoms with Gasteiger partial charge >= 0.3 is 0 Å². The van der Waals surface area contributed by atoms with E-state index >= 15 is 0 Å². The van der Waals surface area contributed by atoms with Crippen LogP contribution in [0.1, 0.15) is 45.2 Å². The van der Waals surface area contributed by atoms with E-state index in [-0.39, 0.29) is 11.8 Å². The highest BCUT2D eigenvalue weighted by Crippen LogP contribution is 2.21. The van der Waals surface area contributed by atoms with Crippen molar-refractivity contribution in [3.8, 4) is 10.7 Å². The molecule has 0 bridgehead atoms. The Bertz CT molecular complexity index is 1150. The molecule has 4 aromatic rings. The number of anilines is 1. The number of aromatic nitrogens is 2. The van der Waals surface area contributed by atoms with Crippen LogP contribution in [0.5, 0.6) is 0 Å². The van der Waals surface area contributed by atoms with E-state index in [1.165, 1.54) is 11.3 Å². The third kappa shape index (κ3) is 5.89. The number of unbranched alkanes of at least 4 members (excludes halogenated alkanes) is 2. The zero-order chi connectivity index (χ0) is 22.2. The summed E-state index contributed by atoms with van der Waals surface area (Å²) in [5, 5.41) is 13.6. The van der Waals surface area contributed by atoms with Gasteiger partial charge in [0.15, 0.2) is 0 Å². The number of rotatable bonds is 10. The quantitative estimate of drug-likeness (QED) is 0.311. The van der Waals surface area contributed by atoms with Gasteiger partial charge in [-0.3, -0.25) is 9.59 Å². The highest BCUT2D eigenvalue weighted by Gasteiger charge is 2.11. The van der Waals surface area contributed by atoms with Crippen molar-refractivity contribution in [1.82, 2.24) is 15.5 Å². The fraction of sp³-hybridized carbons (Fsp3) is 0.217. The number of carbonyl (C=O) groups is 2. The minimum absolute atomic E-state index is 0.158. The second-order valence-corrected chi connectivity index (χ2v) is 8.96. The van der Waals surface area contributed by atoms with E-state index in [1.807, 2.05) is 29.0 Å². The minimum Gasteiger partial charge on any atom is -0.352 e. The van der Waals surface area contributed by atoms with Crippen LogP contribution in [-0.4, -0.2) is 28.5 Å². The molecule has 0 fully saturated rings. The maximum atomic E-state index is 12.4. The first-order chi connectivity index (χ1) is 15.7. The van der Waals surface area contributed by atoms with Crippen LogP contribution < -0.4 is 10.6 Å². The molecule has 0 atom stereocenters. The Morgan fingerprint density at radius 3 is 2.62 bits per heavy atom. The molecule has 0 saturated heterocycles. The third-order valence-electron chi connectivity index (χ3n) is 4.69. The van der Waals surface area contributed by atoms with E-state index < -0.39 is 0 Å². The van der Waals surface area contributed by atoms with Gasteiger partial charge in [-0.15, -0.1) is 22.7 Å². The fourth-order valence-electron chi connectivity index (χ4n) is 3.08. The van der Waals surface area contributed by atoms with Crippen LogP contribution in [0, 0.1) is 0 Å². The molecule has 0 saturated carbocycles. The molecule has 4 rings (SSSR count). The lowest BCUT2D eigenvalue weighted by Gasteiger charge is -2.08. The second kappa shape index (κ2) is 10.8. The van der Waals surface area contributed by atoms with Gasteiger partial charge in [-0.2, -0.15) is 4.98 Å². The molecule has 0 unspecified atom stereocenters. The third-order valence-corrected chi connectivity index (χ3v) is 6.42. The summed E-state index contributed by atoms with van der Waals surface area (Å²) in [5.74, 6) is 0.936. The molecule has 7 nitrogen and oxygen atoms in total. The molecule has 0 aliphatic heterocycles. The van der Waals surface area contributed by atoms with Crippen molar-refractivity contribution in [1.29, 1.82) is 0 Å². The van der Waals surface area contributed by atoms with Crippen LogP contribution in [0.2, 0.25) is 0 Å². The molecule has 2 amide bonds. The summed E-state index contributed by atoms with van der Waals surface area (Å²) < 4.78 is 5.30. The van der Waals surface area contributed by atoms with E-state index in [0.29, 0.717) is 34.4 Å². The Morgan fingerprint density at radius 1 is 0.938 bits per heavy atom. The summed E-state index contributed by atoms with van der Waals surface area (Å²) >= 11 is 2.96. The Kier molecular flexibility index (Phi) is 7.42. The Labute approximate surface area is 193 Å². The number of nitrogens with one attached hydrogen (secondary N) is 2. The molecule has 32 heavy (non-hydrogen) atoms. The summed E-state index contributed by atoms with van der Waals surface area (Å²) in [7, 11) is 0. The van der Waals surface area contributed by atoms with Crippen LogP contribution in [0.4, 0.5) is 5.69 Å². The number of aryl methyl sites for hydroxylation is 1. The SMILES string of the molecule is O=C(NCCCCCc1nc(-c2cccs2)no1)c1cccc(NC(=O)c2cccs2)c1. The van der Waals surface area contributed by atoms with Crippen molar-refractivity contribution in [3.05, 3.63) is 75.6 Å². The molecule has 0 aliphatic rings.